The van der Waals surface area contributed by atoms with Crippen LogP contribution < -0.4 is 5.32 Å². The Morgan fingerprint density at radius 3 is 2.68 bits per heavy atom. The highest BCUT2D eigenvalue weighted by molar-refractivity contribution is 5.53. The van der Waals surface area contributed by atoms with Gasteiger partial charge in [-0.2, -0.15) is 0 Å². The smallest absolute Gasteiger partial charge is 0.133 e. The van der Waals surface area contributed by atoms with Crippen LogP contribution in [0.25, 0.3) is 11.4 Å². The topological polar surface area (TPSA) is 50.7 Å². The highest BCUT2D eigenvalue weighted by atomic mass is 14.9. The number of likely N-dealkylation sites (N-methyl/N-ethyl adjacent to an activating group) is 1. The molecule has 0 saturated heterocycles. The van der Waals surface area contributed by atoms with Crippen LogP contribution in [0.15, 0.2) is 30.5 Å². The highest BCUT2D eigenvalue weighted by Gasteiger charge is 2.14. The van der Waals surface area contributed by atoms with E-state index in [1.807, 2.05) is 38.2 Å². The molecule has 2 rings (SSSR count). The largest absolute Gasteiger partial charge is 0.319 e. The average Bonchev–Trinajstić information content (AvgIpc) is 2.45. The molecule has 2 aromatic heterocycles. The van der Waals surface area contributed by atoms with Crippen LogP contribution in [0.4, 0.5) is 0 Å². The van der Waals surface area contributed by atoms with Crippen molar-refractivity contribution in [3.05, 3.63) is 42.0 Å². The first-order valence-electron chi connectivity index (χ1n) is 6.66. The Kier molecular flexibility index (Phi) is 4.58. The molecular formula is C15H20N4. The van der Waals surface area contributed by atoms with Gasteiger partial charge in [-0.3, -0.25) is 4.98 Å². The molecule has 1 N–H and O–H groups in total. The van der Waals surface area contributed by atoms with Crippen LogP contribution in [0.3, 0.4) is 0 Å². The number of nitrogens with zero attached hydrogens (tertiary/aromatic N) is 3. The molecule has 100 valence electrons. The fourth-order valence-electron chi connectivity index (χ4n) is 2.08. The summed E-state index contributed by atoms with van der Waals surface area (Å²) in [6.45, 7) is 5.06. The third-order valence-electron chi connectivity index (χ3n) is 3.11. The van der Waals surface area contributed by atoms with Gasteiger partial charge in [0.15, 0.2) is 0 Å². The number of hydrogen-bond donors (Lipinski definition) is 1. The van der Waals surface area contributed by atoms with Crippen LogP contribution in [0.1, 0.15) is 30.8 Å². The maximum Gasteiger partial charge on any atom is 0.133 e. The molecular weight excluding hydrogens is 236 g/mol. The number of nitrogens with one attached hydrogen (secondary N) is 1. The zero-order chi connectivity index (χ0) is 13.7. The van der Waals surface area contributed by atoms with Crippen molar-refractivity contribution in [2.24, 2.45) is 0 Å². The third kappa shape index (κ3) is 3.35. The van der Waals surface area contributed by atoms with E-state index < -0.39 is 0 Å². The van der Waals surface area contributed by atoms with Crippen LogP contribution in [0.5, 0.6) is 0 Å². The summed E-state index contributed by atoms with van der Waals surface area (Å²) in [5.41, 5.74) is 2.78. The fourth-order valence-corrected chi connectivity index (χ4v) is 2.08. The summed E-state index contributed by atoms with van der Waals surface area (Å²) >= 11 is 0. The van der Waals surface area contributed by atoms with E-state index in [1.165, 1.54) is 0 Å². The summed E-state index contributed by atoms with van der Waals surface area (Å²) in [6, 6.07) is 7.85. The van der Waals surface area contributed by atoms with E-state index in [0.717, 1.165) is 35.9 Å². The van der Waals surface area contributed by atoms with E-state index >= 15 is 0 Å². The lowest BCUT2D eigenvalue weighted by atomic mass is 10.1. The molecule has 4 heteroatoms. The molecule has 1 unspecified atom stereocenters. The second kappa shape index (κ2) is 6.38. The Bertz CT molecular complexity index is 525. The first-order valence-corrected chi connectivity index (χ1v) is 6.66. The van der Waals surface area contributed by atoms with Gasteiger partial charge in [-0.15, -0.1) is 0 Å². The predicted molar refractivity (Wildman–Crippen MR) is 77.0 cm³/mol. The van der Waals surface area contributed by atoms with Crippen LogP contribution in [0, 0.1) is 6.92 Å². The summed E-state index contributed by atoms with van der Waals surface area (Å²) < 4.78 is 0. The van der Waals surface area contributed by atoms with Gasteiger partial charge in [-0.1, -0.05) is 13.0 Å². The number of aromatic nitrogens is 3. The van der Waals surface area contributed by atoms with Crippen LogP contribution in [-0.4, -0.2) is 28.5 Å². The first kappa shape index (κ1) is 13.6. The molecule has 2 aromatic rings. The van der Waals surface area contributed by atoms with Crippen molar-refractivity contribution in [1.29, 1.82) is 0 Å². The van der Waals surface area contributed by atoms with Crippen molar-refractivity contribution in [1.82, 2.24) is 20.3 Å². The van der Waals surface area contributed by atoms with Gasteiger partial charge in [0.25, 0.3) is 0 Å². The van der Waals surface area contributed by atoms with E-state index in [0.29, 0.717) is 5.92 Å². The van der Waals surface area contributed by atoms with Gasteiger partial charge in [0.1, 0.15) is 5.82 Å². The van der Waals surface area contributed by atoms with E-state index in [4.69, 9.17) is 0 Å². The summed E-state index contributed by atoms with van der Waals surface area (Å²) in [5, 5.41) is 3.20. The molecule has 0 aliphatic heterocycles. The van der Waals surface area contributed by atoms with Crippen molar-refractivity contribution < 1.29 is 0 Å². The zero-order valence-corrected chi connectivity index (χ0v) is 11.7. The molecule has 0 radical (unpaired) electrons. The SMILES string of the molecule is CCC(CNC)c1nc(C)cc(-c2ccccn2)n1. The third-order valence-corrected chi connectivity index (χ3v) is 3.11. The molecule has 0 aromatic carbocycles. The summed E-state index contributed by atoms with van der Waals surface area (Å²) in [7, 11) is 1.96. The Morgan fingerprint density at radius 2 is 2.05 bits per heavy atom. The molecule has 4 nitrogen and oxygen atoms in total. The first-order chi connectivity index (χ1) is 9.24. The molecule has 0 aliphatic carbocycles. The number of aryl methyl sites for hydroxylation is 1. The van der Waals surface area contributed by atoms with E-state index in [9.17, 15) is 0 Å². The molecule has 0 spiro atoms. The molecule has 2 heterocycles. The molecule has 0 bridgehead atoms. The van der Waals surface area contributed by atoms with Crippen LogP contribution in [0.2, 0.25) is 0 Å². The van der Waals surface area contributed by atoms with E-state index in [-0.39, 0.29) is 0 Å². The van der Waals surface area contributed by atoms with Gasteiger partial charge < -0.3 is 5.32 Å². The van der Waals surface area contributed by atoms with E-state index in [2.05, 4.69) is 27.2 Å². The molecule has 19 heavy (non-hydrogen) atoms. The minimum atomic E-state index is 0.340. The minimum absolute atomic E-state index is 0.340. The number of pyridine rings is 1. The van der Waals surface area contributed by atoms with Gasteiger partial charge >= 0.3 is 0 Å². The highest BCUT2D eigenvalue weighted by Crippen LogP contribution is 2.20. The summed E-state index contributed by atoms with van der Waals surface area (Å²) in [4.78, 5) is 13.6. The lowest BCUT2D eigenvalue weighted by molar-refractivity contribution is 0.579. The standard InChI is InChI=1S/C15H20N4/c1-4-12(10-16-3)15-18-11(2)9-14(19-15)13-7-5-6-8-17-13/h5-9,12,16H,4,10H2,1-3H3. The lowest BCUT2D eigenvalue weighted by Gasteiger charge is -2.14. The monoisotopic (exact) mass is 256 g/mol. The normalized spacial score (nSPS) is 12.4. The predicted octanol–water partition coefficient (Wildman–Crippen LogP) is 2.56. The van der Waals surface area contributed by atoms with Crippen molar-refractivity contribution in [2.75, 3.05) is 13.6 Å². The lowest BCUT2D eigenvalue weighted by Crippen LogP contribution is -2.19. The Morgan fingerprint density at radius 1 is 1.21 bits per heavy atom. The number of rotatable bonds is 5. The Labute approximate surface area is 114 Å². The van der Waals surface area contributed by atoms with Crippen LogP contribution >= 0.6 is 0 Å². The molecule has 0 aliphatic rings. The molecule has 0 fully saturated rings. The van der Waals surface area contributed by atoms with E-state index in [1.54, 1.807) is 6.20 Å². The van der Waals surface area contributed by atoms with Gasteiger partial charge in [-0.25, -0.2) is 9.97 Å². The maximum absolute atomic E-state index is 4.68. The fraction of sp³-hybridized carbons (Fsp3) is 0.400. The van der Waals surface area contributed by atoms with Crippen molar-refractivity contribution >= 4 is 0 Å². The Balaban J connectivity index is 2.39. The quantitative estimate of drug-likeness (QED) is 0.893. The molecule has 0 saturated carbocycles. The maximum atomic E-state index is 4.68. The van der Waals surface area contributed by atoms with Gasteiger partial charge in [0.05, 0.1) is 11.4 Å². The zero-order valence-electron chi connectivity index (χ0n) is 11.7. The van der Waals surface area contributed by atoms with Gasteiger partial charge in [0, 0.05) is 24.4 Å². The van der Waals surface area contributed by atoms with Crippen molar-refractivity contribution in [2.45, 2.75) is 26.2 Å². The molecule has 1 atom stereocenters. The Hall–Kier alpha value is -1.81. The van der Waals surface area contributed by atoms with Crippen LogP contribution in [-0.2, 0) is 0 Å². The second-order valence-corrected chi connectivity index (χ2v) is 4.63. The minimum Gasteiger partial charge on any atom is -0.319 e. The van der Waals surface area contributed by atoms with Crippen molar-refractivity contribution in [3.63, 3.8) is 0 Å². The van der Waals surface area contributed by atoms with Gasteiger partial charge in [0.2, 0.25) is 0 Å². The van der Waals surface area contributed by atoms with Crippen molar-refractivity contribution in [3.8, 4) is 11.4 Å². The number of hydrogen-bond acceptors (Lipinski definition) is 4. The molecule has 0 amide bonds. The average molecular weight is 256 g/mol. The second-order valence-electron chi connectivity index (χ2n) is 4.63. The van der Waals surface area contributed by atoms with Gasteiger partial charge in [-0.05, 0) is 38.6 Å². The summed E-state index contributed by atoms with van der Waals surface area (Å²) in [5.74, 6) is 1.24. The summed E-state index contributed by atoms with van der Waals surface area (Å²) in [6.07, 6.45) is 2.81.